The first kappa shape index (κ1) is 16.5. The van der Waals surface area contributed by atoms with Crippen molar-refractivity contribution in [1.29, 1.82) is 0 Å². The van der Waals surface area contributed by atoms with Crippen LogP contribution in [0.5, 0.6) is 5.75 Å². The molecule has 0 aliphatic heterocycles. The largest absolute Gasteiger partial charge is 0.481 e. The first-order valence-corrected chi connectivity index (χ1v) is 7.31. The van der Waals surface area contributed by atoms with E-state index in [2.05, 4.69) is 19.2 Å². The van der Waals surface area contributed by atoms with Crippen LogP contribution >= 0.6 is 0 Å². The van der Waals surface area contributed by atoms with Crippen LogP contribution < -0.4 is 15.8 Å². The second kappa shape index (κ2) is 7.90. The quantitative estimate of drug-likeness (QED) is 0.806. The molecule has 2 atom stereocenters. The van der Waals surface area contributed by atoms with Gasteiger partial charge >= 0.3 is 0 Å². The highest BCUT2D eigenvalue weighted by atomic mass is 16.5. The van der Waals surface area contributed by atoms with Gasteiger partial charge in [-0.3, -0.25) is 4.79 Å². The zero-order chi connectivity index (χ0) is 15.1. The fourth-order valence-electron chi connectivity index (χ4n) is 2.02. The smallest absolute Gasteiger partial charge is 0.260 e. The number of nitrogens with two attached hydrogens (primary N) is 1. The van der Waals surface area contributed by atoms with E-state index in [0.717, 1.165) is 18.4 Å². The van der Waals surface area contributed by atoms with Gasteiger partial charge in [-0.15, -0.1) is 0 Å². The molecular weight excluding hydrogens is 252 g/mol. The zero-order valence-electron chi connectivity index (χ0n) is 12.8. The van der Waals surface area contributed by atoms with Gasteiger partial charge in [0.25, 0.3) is 5.91 Å². The highest BCUT2D eigenvalue weighted by molar-refractivity contribution is 5.81. The molecule has 3 N–H and O–H groups in total. The van der Waals surface area contributed by atoms with Gasteiger partial charge in [0.15, 0.2) is 6.10 Å². The Morgan fingerprint density at radius 1 is 1.25 bits per heavy atom. The summed E-state index contributed by atoms with van der Waals surface area (Å²) in [6.07, 6.45) is 1.31. The second-order valence-corrected chi connectivity index (χ2v) is 5.11. The number of hydrogen-bond donors (Lipinski definition) is 2. The molecule has 0 aromatic heterocycles. The summed E-state index contributed by atoms with van der Waals surface area (Å²) >= 11 is 0. The Morgan fingerprint density at radius 2 is 1.85 bits per heavy atom. The number of carbonyl (C=O) groups excluding carboxylic acids is 1. The van der Waals surface area contributed by atoms with Crippen LogP contribution in [0.2, 0.25) is 0 Å². The summed E-state index contributed by atoms with van der Waals surface area (Å²) in [5.74, 6) is 0.591. The normalized spacial score (nSPS) is 13.9. The molecule has 0 saturated heterocycles. The Kier molecular flexibility index (Phi) is 6.52. The number of para-hydroxylation sites is 1. The Bertz CT molecular complexity index is 428. The van der Waals surface area contributed by atoms with Crippen LogP contribution in [0.25, 0.3) is 0 Å². The topological polar surface area (TPSA) is 64.3 Å². The number of carbonyl (C=O) groups is 1. The van der Waals surface area contributed by atoms with Gasteiger partial charge in [-0.1, -0.05) is 32.0 Å². The number of rotatable bonds is 7. The molecule has 0 heterocycles. The van der Waals surface area contributed by atoms with Crippen LogP contribution in [0, 0.1) is 0 Å². The van der Waals surface area contributed by atoms with Crippen LogP contribution in [-0.4, -0.2) is 18.1 Å². The number of benzene rings is 1. The summed E-state index contributed by atoms with van der Waals surface area (Å²) in [7, 11) is 0. The van der Waals surface area contributed by atoms with Gasteiger partial charge in [-0.05, 0) is 32.8 Å². The number of amides is 1. The summed E-state index contributed by atoms with van der Waals surface area (Å²) in [5.41, 5.74) is 6.82. The third-order valence-electron chi connectivity index (χ3n) is 3.41. The fraction of sp³-hybridized carbons (Fsp3) is 0.562. The van der Waals surface area contributed by atoms with Crippen molar-refractivity contribution in [3.63, 3.8) is 0 Å². The molecular formula is C16H26N2O2. The van der Waals surface area contributed by atoms with Crippen LogP contribution in [0.1, 0.15) is 52.1 Å². The van der Waals surface area contributed by atoms with Crippen molar-refractivity contribution in [2.75, 3.05) is 0 Å². The monoisotopic (exact) mass is 278 g/mol. The maximum absolute atomic E-state index is 12.1. The Morgan fingerprint density at radius 3 is 2.40 bits per heavy atom. The van der Waals surface area contributed by atoms with Gasteiger partial charge in [0.05, 0.1) is 0 Å². The van der Waals surface area contributed by atoms with E-state index in [9.17, 15) is 4.79 Å². The van der Waals surface area contributed by atoms with Crippen LogP contribution in [0.4, 0.5) is 0 Å². The number of ether oxygens (including phenoxy) is 1. The maximum Gasteiger partial charge on any atom is 0.260 e. The molecule has 20 heavy (non-hydrogen) atoms. The van der Waals surface area contributed by atoms with Gasteiger partial charge in [0, 0.05) is 17.6 Å². The van der Waals surface area contributed by atoms with E-state index in [1.54, 1.807) is 6.92 Å². The highest BCUT2D eigenvalue weighted by Gasteiger charge is 2.19. The Labute approximate surface area is 121 Å². The lowest BCUT2D eigenvalue weighted by Gasteiger charge is -2.21. The molecule has 0 fully saturated rings. The molecule has 1 unspecified atom stereocenters. The molecule has 0 radical (unpaired) electrons. The molecule has 0 bridgehead atoms. The standard InChI is InChI=1S/C16H26N2O2/c1-5-13(6-2)18-16(19)12(4)20-15-10-8-7-9-14(15)11(3)17/h7-13H,5-6,17H2,1-4H3,(H,18,19)/t11-,12?/m1/s1. The van der Waals surface area contributed by atoms with Gasteiger partial charge in [-0.25, -0.2) is 0 Å². The minimum Gasteiger partial charge on any atom is -0.481 e. The molecule has 0 aliphatic carbocycles. The summed E-state index contributed by atoms with van der Waals surface area (Å²) in [6.45, 7) is 7.78. The lowest BCUT2D eigenvalue weighted by atomic mass is 10.1. The predicted molar refractivity (Wildman–Crippen MR) is 81.6 cm³/mol. The van der Waals surface area contributed by atoms with Crippen molar-refractivity contribution in [2.24, 2.45) is 5.73 Å². The molecule has 1 aromatic rings. The van der Waals surface area contributed by atoms with Crippen LogP contribution in [0.3, 0.4) is 0 Å². The minimum absolute atomic E-state index is 0.0850. The zero-order valence-corrected chi connectivity index (χ0v) is 12.8. The second-order valence-electron chi connectivity index (χ2n) is 5.11. The fourth-order valence-corrected chi connectivity index (χ4v) is 2.02. The molecule has 1 amide bonds. The molecule has 4 heteroatoms. The van der Waals surface area contributed by atoms with Crippen molar-refractivity contribution >= 4 is 5.91 Å². The molecule has 1 aromatic carbocycles. The lowest BCUT2D eigenvalue weighted by Crippen LogP contribution is -2.42. The molecule has 1 rings (SSSR count). The average Bonchev–Trinajstić information content (AvgIpc) is 2.44. The van der Waals surface area contributed by atoms with Crippen molar-refractivity contribution in [3.05, 3.63) is 29.8 Å². The third-order valence-corrected chi connectivity index (χ3v) is 3.41. The first-order chi connectivity index (χ1) is 9.49. The van der Waals surface area contributed by atoms with Crippen molar-refractivity contribution in [3.8, 4) is 5.75 Å². The van der Waals surface area contributed by atoms with E-state index in [1.165, 1.54) is 0 Å². The van der Waals surface area contributed by atoms with Crippen LogP contribution in [-0.2, 0) is 4.79 Å². The predicted octanol–water partition coefficient (Wildman–Crippen LogP) is 2.78. The summed E-state index contributed by atoms with van der Waals surface area (Å²) in [4.78, 5) is 12.1. The van der Waals surface area contributed by atoms with Gasteiger partial charge in [0.1, 0.15) is 5.75 Å². The SMILES string of the molecule is CCC(CC)NC(=O)C(C)Oc1ccccc1[C@@H](C)N. The highest BCUT2D eigenvalue weighted by Crippen LogP contribution is 2.24. The van der Waals surface area contributed by atoms with Gasteiger partial charge in [0.2, 0.25) is 0 Å². The minimum atomic E-state index is -0.532. The van der Waals surface area contributed by atoms with E-state index in [-0.39, 0.29) is 18.0 Å². The van der Waals surface area contributed by atoms with E-state index in [1.807, 2.05) is 31.2 Å². The molecule has 0 aliphatic rings. The summed E-state index contributed by atoms with van der Waals surface area (Å²) in [6, 6.07) is 7.65. The molecule has 0 spiro atoms. The van der Waals surface area contributed by atoms with Gasteiger partial charge < -0.3 is 15.8 Å². The Hall–Kier alpha value is -1.55. The van der Waals surface area contributed by atoms with E-state index in [0.29, 0.717) is 5.75 Å². The molecule has 112 valence electrons. The van der Waals surface area contributed by atoms with Gasteiger partial charge in [-0.2, -0.15) is 0 Å². The van der Waals surface area contributed by atoms with E-state index < -0.39 is 6.10 Å². The number of nitrogens with one attached hydrogen (secondary N) is 1. The van der Waals surface area contributed by atoms with Crippen molar-refractivity contribution < 1.29 is 9.53 Å². The average molecular weight is 278 g/mol. The lowest BCUT2D eigenvalue weighted by molar-refractivity contribution is -0.128. The van der Waals surface area contributed by atoms with Crippen molar-refractivity contribution in [2.45, 2.75) is 58.7 Å². The maximum atomic E-state index is 12.1. The van der Waals surface area contributed by atoms with Crippen LogP contribution in [0.15, 0.2) is 24.3 Å². The summed E-state index contributed by atoms with van der Waals surface area (Å²) < 4.78 is 5.77. The third kappa shape index (κ3) is 4.53. The van der Waals surface area contributed by atoms with Crippen molar-refractivity contribution in [1.82, 2.24) is 5.32 Å². The van der Waals surface area contributed by atoms with E-state index in [4.69, 9.17) is 10.5 Å². The van der Waals surface area contributed by atoms with E-state index >= 15 is 0 Å². The summed E-state index contributed by atoms with van der Waals surface area (Å²) in [5, 5.41) is 2.99. The number of hydrogen-bond acceptors (Lipinski definition) is 3. The Balaban J connectivity index is 2.70. The molecule has 0 saturated carbocycles. The molecule has 4 nitrogen and oxygen atoms in total. The first-order valence-electron chi connectivity index (χ1n) is 7.31.